The van der Waals surface area contributed by atoms with Crippen LogP contribution in [0.1, 0.15) is 46.5 Å². The predicted octanol–water partition coefficient (Wildman–Crippen LogP) is 1.32. The largest absolute Gasteiger partial charge is 0.353 e. The summed E-state index contributed by atoms with van der Waals surface area (Å²) in [7, 11) is 0. The number of carbonyl (C=O) groups is 2. The number of hydrogen-bond donors (Lipinski definition) is 3. The van der Waals surface area contributed by atoms with Gasteiger partial charge in [0.2, 0.25) is 5.91 Å². The number of hydrogen-bond acceptors (Lipinski definition) is 3. The molecule has 6 nitrogen and oxygen atoms in total. The van der Waals surface area contributed by atoms with Crippen LogP contribution < -0.4 is 16.0 Å². The van der Waals surface area contributed by atoms with Gasteiger partial charge in [0.05, 0.1) is 5.92 Å². The maximum atomic E-state index is 12.5. The second-order valence-corrected chi connectivity index (χ2v) is 7.45. The molecule has 0 aromatic rings. The Morgan fingerprint density at radius 2 is 2.09 bits per heavy atom. The molecule has 6 heteroatoms. The summed E-state index contributed by atoms with van der Waals surface area (Å²) in [4.78, 5) is 26.5. The van der Waals surface area contributed by atoms with Gasteiger partial charge >= 0.3 is 6.03 Å². The second kappa shape index (κ2) is 8.52. The van der Waals surface area contributed by atoms with Crippen molar-refractivity contribution in [2.45, 2.75) is 58.5 Å². The van der Waals surface area contributed by atoms with Crippen LogP contribution in [-0.2, 0) is 4.79 Å². The molecule has 2 saturated heterocycles. The standard InChI is InChI=1S/C17H32N4O2/c1-12(2)10-19-17(23)21-8-4-5-14(11-21)16(22)20-15-6-7-18-13(3)9-15/h12-15,18H,4-11H2,1-3H3,(H,19,23)(H,20,22). The van der Waals surface area contributed by atoms with Gasteiger partial charge in [-0.1, -0.05) is 13.8 Å². The van der Waals surface area contributed by atoms with Crippen LogP contribution in [0.3, 0.4) is 0 Å². The van der Waals surface area contributed by atoms with Gasteiger partial charge in [-0.05, 0) is 45.1 Å². The van der Waals surface area contributed by atoms with Gasteiger partial charge in [-0.3, -0.25) is 4.79 Å². The van der Waals surface area contributed by atoms with Gasteiger partial charge in [0, 0.05) is 31.7 Å². The van der Waals surface area contributed by atoms with Gasteiger partial charge in [-0.2, -0.15) is 0 Å². The Balaban J connectivity index is 1.80. The minimum Gasteiger partial charge on any atom is -0.353 e. The fourth-order valence-corrected chi connectivity index (χ4v) is 3.36. The molecule has 3 amide bonds. The molecule has 23 heavy (non-hydrogen) atoms. The highest BCUT2D eigenvalue weighted by molar-refractivity contribution is 5.81. The fourth-order valence-electron chi connectivity index (χ4n) is 3.36. The van der Waals surface area contributed by atoms with Crippen molar-refractivity contribution in [1.29, 1.82) is 0 Å². The van der Waals surface area contributed by atoms with Gasteiger partial charge in [-0.25, -0.2) is 4.79 Å². The first-order valence-corrected chi connectivity index (χ1v) is 9.02. The van der Waals surface area contributed by atoms with Gasteiger partial charge < -0.3 is 20.9 Å². The smallest absolute Gasteiger partial charge is 0.317 e. The molecule has 2 aliphatic rings. The lowest BCUT2D eigenvalue weighted by molar-refractivity contribution is -0.127. The van der Waals surface area contributed by atoms with E-state index >= 15 is 0 Å². The third kappa shape index (κ3) is 5.68. The van der Waals surface area contributed by atoms with Crippen LogP contribution in [0, 0.1) is 11.8 Å². The highest BCUT2D eigenvalue weighted by Gasteiger charge is 2.30. The normalized spacial score (nSPS) is 28.5. The molecule has 0 saturated carbocycles. The Labute approximate surface area is 139 Å². The minimum atomic E-state index is -0.0706. The van der Waals surface area contributed by atoms with Crippen LogP contribution >= 0.6 is 0 Å². The van der Waals surface area contributed by atoms with E-state index in [1.165, 1.54) is 0 Å². The van der Waals surface area contributed by atoms with E-state index < -0.39 is 0 Å². The molecule has 0 spiro atoms. The molecule has 0 aliphatic carbocycles. The predicted molar refractivity (Wildman–Crippen MR) is 91.2 cm³/mol. The molecule has 3 N–H and O–H groups in total. The first kappa shape index (κ1) is 18.0. The van der Waals surface area contributed by atoms with E-state index in [9.17, 15) is 9.59 Å². The third-order valence-corrected chi connectivity index (χ3v) is 4.71. The number of nitrogens with zero attached hydrogens (tertiary/aromatic N) is 1. The van der Waals surface area contributed by atoms with Crippen molar-refractivity contribution in [2.75, 3.05) is 26.2 Å². The Kier molecular flexibility index (Phi) is 6.69. The van der Waals surface area contributed by atoms with Crippen LogP contribution in [0.4, 0.5) is 4.79 Å². The molecule has 0 radical (unpaired) electrons. The van der Waals surface area contributed by atoms with Crippen LogP contribution in [0.2, 0.25) is 0 Å². The van der Waals surface area contributed by atoms with Gasteiger partial charge in [0.25, 0.3) is 0 Å². The molecular weight excluding hydrogens is 292 g/mol. The molecular formula is C17H32N4O2. The van der Waals surface area contributed by atoms with Crippen LogP contribution in [0.15, 0.2) is 0 Å². The van der Waals surface area contributed by atoms with E-state index in [2.05, 4.69) is 36.7 Å². The number of amides is 3. The Bertz CT molecular complexity index is 413. The molecule has 3 unspecified atom stereocenters. The summed E-state index contributed by atoms with van der Waals surface area (Å²) >= 11 is 0. The lowest BCUT2D eigenvalue weighted by atomic mass is 9.95. The lowest BCUT2D eigenvalue weighted by Crippen LogP contribution is -2.52. The topological polar surface area (TPSA) is 73.5 Å². The van der Waals surface area contributed by atoms with E-state index in [0.717, 1.165) is 38.8 Å². The second-order valence-electron chi connectivity index (χ2n) is 7.45. The SMILES string of the molecule is CC(C)CNC(=O)N1CCCC(C(=O)NC2CCNC(C)C2)C1. The quantitative estimate of drug-likeness (QED) is 0.730. The number of carbonyl (C=O) groups excluding carboxylic acids is 2. The summed E-state index contributed by atoms with van der Waals surface area (Å²) in [6.07, 6.45) is 3.74. The van der Waals surface area contributed by atoms with Gasteiger partial charge in [-0.15, -0.1) is 0 Å². The van der Waals surface area contributed by atoms with Crippen LogP contribution in [-0.4, -0.2) is 55.1 Å². The van der Waals surface area contributed by atoms with Crippen LogP contribution in [0.5, 0.6) is 0 Å². The first-order valence-electron chi connectivity index (χ1n) is 9.02. The molecule has 0 bridgehead atoms. The van der Waals surface area contributed by atoms with Crippen molar-refractivity contribution in [1.82, 2.24) is 20.9 Å². The molecule has 3 atom stereocenters. The monoisotopic (exact) mass is 324 g/mol. The highest BCUT2D eigenvalue weighted by atomic mass is 16.2. The van der Waals surface area contributed by atoms with E-state index in [1.807, 2.05) is 0 Å². The third-order valence-electron chi connectivity index (χ3n) is 4.71. The van der Waals surface area contributed by atoms with Crippen molar-refractivity contribution >= 4 is 11.9 Å². The maximum absolute atomic E-state index is 12.5. The van der Waals surface area contributed by atoms with Crippen molar-refractivity contribution in [2.24, 2.45) is 11.8 Å². The van der Waals surface area contributed by atoms with Gasteiger partial charge in [0.1, 0.15) is 0 Å². The molecule has 0 aromatic carbocycles. The Morgan fingerprint density at radius 1 is 1.30 bits per heavy atom. The first-order chi connectivity index (χ1) is 11.0. The zero-order valence-electron chi connectivity index (χ0n) is 14.7. The van der Waals surface area contributed by atoms with Crippen molar-refractivity contribution < 1.29 is 9.59 Å². The molecule has 2 fully saturated rings. The van der Waals surface area contributed by atoms with E-state index in [0.29, 0.717) is 25.0 Å². The summed E-state index contributed by atoms with van der Waals surface area (Å²) < 4.78 is 0. The summed E-state index contributed by atoms with van der Waals surface area (Å²) in [5, 5.41) is 9.53. The maximum Gasteiger partial charge on any atom is 0.317 e. The van der Waals surface area contributed by atoms with E-state index in [4.69, 9.17) is 0 Å². The Hall–Kier alpha value is -1.30. The molecule has 2 aliphatic heterocycles. The van der Waals surface area contributed by atoms with Crippen molar-refractivity contribution in [3.05, 3.63) is 0 Å². The molecule has 132 valence electrons. The summed E-state index contributed by atoms with van der Waals surface area (Å²) in [5.41, 5.74) is 0. The van der Waals surface area contributed by atoms with Crippen molar-refractivity contribution in [3.8, 4) is 0 Å². The average molecular weight is 324 g/mol. The number of urea groups is 1. The molecule has 0 aromatic heterocycles. The zero-order chi connectivity index (χ0) is 16.8. The number of piperidine rings is 2. The lowest BCUT2D eigenvalue weighted by Gasteiger charge is -2.34. The summed E-state index contributed by atoms with van der Waals surface area (Å²) in [5.74, 6) is 0.480. The van der Waals surface area contributed by atoms with Crippen molar-refractivity contribution in [3.63, 3.8) is 0 Å². The number of rotatable bonds is 4. The fraction of sp³-hybridized carbons (Fsp3) is 0.882. The highest BCUT2D eigenvalue weighted by Crippen LogP contribution is 2.18. The molecule has 2 rings (SSSR count). The van der Waals surface area contributed by atoms with Gasteiger partial charge in [0.15, 0.2) is 0 Å². The van der Waals surface area contributed by atoms with E-state index in [1.54, 1.807) is 4.90 Å². The Morgan fingerprint density at radius 3 is 2.78 bits per heavy atom. The van der Waals surface area contributed by atoms with E-state index in [-0.39, 0.29) is 23.9 Å². The number of nitrogens with one attached hydrogen (secondary N) is 3. The summed E-state index contributed by atoms with van der Waals surface area (Å²) in [6, 6.07) is 0.689. The molecule has 2 heterocycles. The summed E-state index contributed by atoms with van der Waals surface area (Å²) in [6.45, 7) is 9.23. The van der Waals surface area contributed by atoms with Crippen LogP contribution in [0.25, 0.3) is 0 Å². The zero-order valence-corrected chi connectivity index (χ0v) is 14.7. The minimum absolute atomic E-state index is 0.0355. The average Bonchev–Trinajstić information content (AvgIpc) is 2.52. The number of likely N-dealkylation sites (tertiary alicyclic amines) is 1.